The molecule has 0 aliphatic heterocycles. The molecule has 8 heteroatoms. The van der Waals surface area contributed by atoms with Crippen LogP contribution in [-0.4, -0.2) is 21.7 Å². The maximum atomic E-state index is 12.4. The lowest BCUT2D eigenvalue weighted by Gasteiger charge is -2.24. The Kier molecular flexibility index (Phi) is 4.26. The molecular formula is C16H14ClN3O4. The molecular weight excluding hydrogens is 334 g/mol. The van der Waals surface area contributed by atoms with Crippen molar-refractivity contribution in [2.75, 3.05) is 5.32 Å². The van der Waals surface area contributed by atoms with Gasteiger partial charge in [0.25, 0.3) is 11.8 Å². The summed E-state index contributed by atoms with van der Waals surface area (Å²) in [5, 5.41) is 10.7. The topological polar surface area (TPSA) is 90.4 Å². The lowest BCUT2D eigenvalue weighted by atomic mass is 10.1. The third-order valence-corrected chi connectivity index (χ3v) is 3.36. The molecule has 0 saturated carbocycles. The van der Waals surface area contributed by atoms with Crippen LogP contribution in [0.5, 0.6) is 5.75 Å². The number of carbonyl (C=O) groups excluding carboxylic acids is 1. The molecule has 0 spiro atoms. The van der Waals surface area contributed by atoms with E-state index in [0.29, 0.717) is 16.5 Å². The van der Waals surface area contributed by atoms with Gasteiger partial charge in [0.1, 0.15) is 5.75 Å². The summed E-state index contributed by atoms with van der Waals surface area (Å²) in [5.74, 6) is 0.667. The van der Waals surface area contributed by atoms with Crippen LogP contribution in [-0.2, 0) is 4.79 Å². The Balaban J connectivity index is 1.68. The molecule has 0 bridgehead atoms. The molecule has 1 N–H and O–H groups in total. The van der Waals surface area contributed by atoms with Gasteiger partial charge in [-0.05, 0) is 50.2 Å². The Hall–Kier alpha value is -2.80. The van der Waals surface area contributed by atoms with Crippen molar-refractivity contribution in [1.82, 2.24) is 10.2 Å². The standard InChI is InChI=1S/C16H14ClN3O4/c1-16(2,24-11-7-5-10(17)6-8-11)14(21)18-15-20-19-13(23-15)12-4-3-9-22-12/h3-9H,1-2H3,(H,18,20,21). The number of anilines is 1. The maximum Gasteiger partial charge on any atom is 0.322 e. The van der Waals surface area contributed by atoms with E-state index in [2.05, 4.69) is 15.5 Å². The fourth-order valence-corrected chi connectivity index (χ4v) is 1.99. The molecule has 0 radical (unpaired) electrons. The van der Waals surface area contributed by atoms with E-state index in [1.807, 2.05) is 0 Å². The number of rotatable bonds is 5. The number of hydrogen-bond donors (Lipinski definition) is 1. The highest BCUT2D eigenvalue weighted by atomic mass is 35.5. The Morgan fingerprint density at radius 3 is 2.62 bits per heavy atom. The summed E-state index contributed by atoms with van der Waals surface area (Å²) in [7, 11) is 0. The third kappa shape index (κ3) is 3.57. The van der Waals surface area contributed by atoms with Crippen LogP contribution in [0.25, 0.3) is 11.7 Å². The van der Waals surface area contributed by atoms with E-state index in [0.717, 1.165) is 0 Å². The Labute approximate surface area is 142 Å². The SMILES string of the molecule is CC(C)(Oc1ccc(Cl)cc1)C(=O)Nc1nnc(-c2ccco2)o1. The second-order valence-corrected chi connectivity index (χ2v) is 5.85. The number of hydrogen-bond acceptors (Lipinski definition) is 6. The van der Waals surface area contributed by atoms with E-state index in [-0.39, 0.29) is 11.9 Å². The molecule has 3 aromatic rings. The van der Waals surface area contributed by atoms with Crippen molar-refractivity contribution < 1.29 is 18.4 Å². The minimum absolute atomic E-state index is 0.0424. The van der Waals surface area contributed by atoms with Crippen LogP contribution < -0.4 is 10.1 Å². The zero-order chi connectivity index (χ0) is 17.2. The average molecular weight is 348 g/mol. The van der Waals surface area contributed by atoms with E-state index < -0.39 is 11.5 Å². The minimum atomic E-state index is -1.16. The van der Waals surface area contributed by atoms with Crippen molar-refractivity contribution in [1.29, 1.82) is 0 Å². The van der Waals surface area contributed by atoms with Gasteiger partial charge in [-0.1, -0.05) is 16.7 Å². The molecule has 0 fully saturated rings. The molecule has 2 aromatic heterocycles. The second-order valence-electron chi connectivity index (χ2n) is 5.41. The highest BCUT2D eigenvalue weighted by Crippen LogP contribution is 2.23. The lowest BCUT2D eigenvalue weighted by molar-refractivity contribution is -0.128. The maximum absolute atomic E-state index is 12.4. The first-order valence-corrected chi connectivity index (χ1v) is 7.45. The summed E-state index contributed by atoms with van der Waals surface area (Å²) in [6, 6.07) is 10.0. The van der Waals surface area contributed by atoms with Crippen LogP contribution in [0.2, 0.25) is 5.02 Å². The zero-order valence-electron chi connectivity index (χ0n) is 12.9. The summed E-state index contributed by atoms with van der Waals surface area (Å²) in [5.41, 5.74) is -1.16. The molecule has 3 rings (SSSR count). The number of halogens is 1. The second kappa shape index (κ2) is 6.37. The summed E-state index contributed by atoms with van der Waals surface area (Å²) >= 11 is 5.83. The minimum Gasteiger partial charge on any atom is -0.478 e. The van der Waals surface area contributed by atoms with E-state index in [9.17, 15) is 4.79 Å². The number of nitrogens with zero attached hydrogens (tertiary/aromatic N) is 2. The zero-order valence-corrected chi connectivity index (χ0v) is 13.7. The number of carbonyl (C=O) groups is 1. The van der Waals surface area contributed by atoms with Crippen molar-refractivity contribution >= 4 is 23.5 Å². The van der Waals surface area contributed by atoms with Crippen LogP contribution in [0.3, 0.4) is 0 Å². The van der Waals surface area contributed by atoms with Crippen molar-refractivity contribution in [2.24, 2.45) is 0 Å². The Morgan fingerprint density at radius 2 is 1.96 bits per heavy atom. The van der Waals surface area contributed by atoms with Gasteiger partial charge in [0.2, 0.25) is 0 Å². The van der Waals surface area contributed by atoms with Crippen molar-refractivity contribution in [3.05, 3.63) is 47.7 Å². The van der Waals surface area contributed by atoms with Gasteiger partial charge in [0.15, 0.2) is 11.4 Å². The van der Waals surface area contributed by atoms with Gasteiger partial charge in [-0.15, -0.1) is 5.10 Å². The van der Waals surface area contributed by atoms with Gasteiger partial charge in [-0.25, -0.2) is 0 Å². The molecule has 1 aromatic carbocycles. The molecule has 0 unspecified atom stereocenters. The van der Waals surface area contributed by atoms with Gasteiger partial charge in [0, 0.05) is 5.02 Å². The van der Waals surface area contributed by atoms with E-state index in [1.54, 1.807) is 50.2 Å². The quantitative estimate of drug-likeness (QED) is 0.755. The predicted octanol–water partition coefficient (Wildman–Crippen LogP) is 3.78. The Morgan fingerprint density at radius 1 is 1.21 bits per heavy atom. The number of ether oxygens (including phenoxy) is 1. The monoisotopic (exact) mass is 347 g/mol. The van der Waals surface area contributed by atoms with Crippen LogP contribution >= 0.6 is 11.6 Å². The number of aromatic nitrogens is 2. The van der Waals surface area contributed by atoms with Crippen LogP contribution in [0, 0.1) is 0 Å². The average Bonchev–Trinajstić information content (AvgIpc) is 3.20. The van der Waals surface area contributed by atoms with Crippen molar-refractivity contribution in [2.45, 2.75) is 19.4 Å². The number of amides is 1. The first-order chi connectivity index (χ1) is 11.4. The van der Waals surface area contributed by atoms with Crippen LogP contribution in [0.15, 0.2) is 51.5 Å². The predicted molar refractivity (Wildman–Crippen MR) is 86.8 cm³/mol. The smallest absolute Gasteiger partial charge is 0.322 e. The van der Waals surface area contributed by atoms with E-state index in [1.165, 1.54) is 6.26 Å². The first-order valence-electron chi connectivity index (χ1n) is 7.07. The fourth-order valence-electron chi connectivity index (χ4n) is 1.86. The molecule has 124 valence electrons. The van der Waals surface area contributed by atoms with Crippen LogP contribution in [0.4, 0.5) is 6.01 Å². The van der Waals surface area contributed by atoms with Crippen LogP contribution in [0.1, 0.15) is 13.8 Å². The number of nitrogens with one attached hydrogen (secondary N) is 1. The highest BCUT2D eigenvalue weighted by molar-refractivity contribution is 6.30. The molecule has 0 atom stereocenters. The summed E-state index contributed by atoms with van der Waals surface area (Å²) in [4.78, 5) is 12.4. The molecule has 7 nitrogen and oxygen atoms in total. The highest BCUT2D eigenvalue weighted by Gasteiger charge is 2.31. The van der Waals surface area contributed by atoms with Gasteiger partial charge < -0.3 is 13.6 Å². The van der Waals surface area contributed by atoms with Crippen molar-refractivity contribution in [3.63, 3.8) is 0 Å². The molecule has 1 amide bonds. The van der Waals surface area contributed by atoms with E-state index >= 15 is 0 Å². The van der Waals surface area contributed by atoms with Gasteiger partial charge in [0.05, 0.1) is 6.26 Å². The van der Waals surface area contributed by atoms with Gasteiger partial charge >= 0.3 is 6.01 Å². The molecule has 0 saturated heterocycles. The summed E-state index contributed by atoms with van der Waals surface area (Å²) < 4.78 is 16.2. The fraction of sp³-hybridized carbons (Fsp3) is 0.188. The molecule has 2 heterocycles. The number of furan rings is 1. The largest absolute Gasteiger partial charge is 0.478 e. The van der Waals surface area contributed by atoms with Gasteiger partial charge in [-0.3, -0.25) is 10.1 Å². The van der Waals surface area contributed by atoms with E-state index in [4.69, 9.17) is 25.2 Å². The molecule has 0 aliphatic rings. The summed E-state index contributed by atoms with van der Waals surface area (Å²) in [6.07, 6.45) is 1.49. The Bertz CT molecular complexity index is 825. The summed E-state index contributed by atoms with van der Waals surface area (Å²) in [6.45, 7) is 3.25. The lowest BCUT2D eigenvalue weighted by Crippen LogP contribution is -2.42. The third-order valence-electron chi connectivity index (χ3n) is 3.11. The molecule has 24 heavy (non-hydrogen) atoms. The molecule has 0 aliphatic carbocycles. The first kappa shape index (κ1) is 16.1. The van der Waals surface area contributed by atoms with Crippen molar-refractivity contribution in [3.8, 4) is 17.4 Å². The number of benzene rings is 1. The van der Waals surface area contributed by atoms with Gasteiger partial charge in [-0.2, -0.15) is 0 Å². The normalized spacial score (nSPS) is 11.3.